The second-order valence-electron chi connectivity index (χ2n) is 4.30. The molecule has 0 aliphatic heterocycles. The molecular weight excluding hydrogens is 389 g/mol. The summed E-state index contributed by atoms with van der Waals surface area (Å²) in [5.74, 6) is 0.601. The van der Waals surface area contributed by atoms with Gasteiger partial charge in [0.2, 0.25) is 0 Å². The smallest absolute Gasteiger partial charge is 0.127 e. The summed E-state index contributed by atoms with van der Waals surface area (Å²) in [6, 6.07) is 10.7. The first-order valence-corrected chi connectivity index (χ1v) is 7.66. The monoisotopic (exact) mass is 401 g/mol. The van der Waals surface area contributed by atoms with Crippen molar-refractivity contribution in [1.82, 2.24) is 5.32 Å². The number of rotatable bonds is 5. The van der Waals surface area contributed by atoms with Crippen molar-refractivity contribution < 1.29 is 9.13 Å². The number of nitrogens with one attached hydrogen (secondary N) is 1. The second kappa shape index (κ2) is 7.20. The van der Waals surface area contributed by atoms with E-state index in [1.165, 1.54) is 6.07 Å². The van der Waals surface area contributed by atoms with E-state index in [9.17, 15) is 4.39 Å². The Bertz CT molecular complexity index is 604. The van der Waals surface area contributed by atoms with Crippen LogP contribution in [0.4, 0.5) is 4.39 Å². The molecule has 0 bridgehead atoms. The highest BCUT2D eigenvalue weighted by Gasteiger charge is 2.05. The molecule has 0 aliphatic carbocycles. The van der Waals surface area contributed by atoms with Gasteiger partial charge in [-0.2, -0.15) is 0 Å². The molecule has 2 nitrogen and oxygen atoms in total. The molecule has 0 unspecified atom stereocenters. The predicted octanol–water partition coefficient (Wildman–Crippen LogP) is 4.65. The average Bonchev–Trinajstić information content (AvgIpc) is 2.44. The summed E-state index contributed by atoms with van der Waals surface area (Å²) < 4.78 is 20.7. The zero-order chi connectivity index (χ0) is 14.5. The van der Waals surface area contributed by atoms with Crippen molar-refractivity contribution in [2.45, 2.75) is 13.1 Å². The van der Waals surface area contributed by atoms with Gasteiger partial charge in [0.15, 0.2) is 0 Å². The fraction of sp³-hybridized carbons (Fsp3) is 0.200. The van der Waals surface area contributed by atoms with Crippen LogP contribution in [0.5, 0.6) is 5.75 Å². The van der Waals surface area contributed by atoms with Gasteiger partial charge < -0.3 is 10.1 Å². The van der Waals surface area contributed by atoms with Gasteiger partial charge >= 0.3 is 0 Å². The van der Waals surface area contributed by atoms with Crippen molar-refractivity contribution in [2.24, 2.45) is 0 Å². The lowest BCUT2D eigenvalue weighted by Crippen LogP contribution is -2.14. The maximum Gasteiger partial charge on any atom is 0.127 e. The molecule has 0 aliphatic rings. The molecule has 0 heterocycles. The van der Waals surface area contributed by atoms with Crippen molar-refractivity contribution in [3.8, 4) is 5.75 Å². The molecule has 0 fully saturated rings. The third-order valence-corrected chi connectivity index (χ3v) is 4.16. The van der Waals surface area contributed by atoms with Gasteiger partial charge in [-0.15, -0.1) is 0 Å². The van der Waals surface area contributed by atoms with Crippen LogP contribution in [-0.4, -0.2) is 7.11 Å². The Hall–Kier alpha value is -0.910. The van der Waals surface area contributed by atoms with Crippen molar-refractivity contribution in [2.75, 3.05) is 7.11 Å². The Morgan fingerprint density at radius 2 is 1.80 bits per heavy atom. The average molecular weight is 403 g/mol. The van der Waals surface area contributed by atoms with E-state index >= 15 is 0 Å². The Kier molecular flexibility index (Phi) is 5.57. The normalized spacial score (nSPS) is 10.6. The summed E-state index contributed by atoms with van der Waals surface area (Å²) in [6.07, 6.45) is 0. The van der Waals surface area contributed by atoms with Gasteiger partial charge in [-0.05, 0) is 42.0 Å². The van der Waals surface area contributed by atoms with Crippen LogP contribution in [0, 0.1) is 5.82 Å². The molecule has 0 aromatic heterocycles. The van der Waals surface area contributed by atoms with E-state index in [1.807, 2.05) is 18.2 Å². The molecule has 0 radical (unpaired) electrons. The van der Waals surface area contributed by atoms with Gasteiger partial charge in [-0.3, -0.25) is 0 Å². The zero-order valence-electron chi connectivity index (χ0n) is 10.9. The van der Waals surface area contributed by atoms with E-state index < -0.39 is 0 Å². The highest BCUT2D eigenvalue weighted by atomic mass is 79.9. The van der Waals surface area contributed by atoms with Crippen LogP contribution >= 0.6 is 31.9 Å². The fourth-order valence-corrected chi connectivity index (χ4v) is 2.62. The minimum Gasteiger partial charge on any atom is -0.497 e. The summed E-state index contributed by atoms with van der Waals surface area (Å²) in [6.45, 7) is 1.10. The lowest BCUT2D eigenvalue weighted by molar-refractivity contribution is 0.414. The van der Waals surface area contributed by atoms with Crippen molar-refractivity contribution in [3.05, 3.63) is 62.3 Å². The predicted molar refractivity (Wildman–Crippen MR) is 85.3 cm³/mol. The molecule has 0 atom stereocenters. The number of hydrogen-bond donors (Lipinski definition) is 1. The topological polar surface area (TPSA) is 21.3 Å². The number of methoxy groups -OCH3 is 1. The van der Waals surface area contributed by atoms with E-state index in [0.29, 0.717) is 18.7 Å². The summed E-state index contributed by atoms with van der Waals surface area (Å²) in [7, 11) is 1.64. The van der Waals surface area contributed by atoms with Crippen LogP contribution in [0.2, 0.25) is 0 Å². The van der Waals surface area contributed by atoms with Gasteiger partial charge in [-0.25, -0.2) is 4.39 Å². The third kappa shape index (κ3) is 4.04. The Morgan fingerprint density at radius 3 is 2.55 bits per heavy atom. The van der Waals surface area contributed by atoms with Crippen LogP contribution in [0.1, 0.15) is 11.1 Å². The van der Waals surface area contributed by atoms with Crippen molar-refractivity contribution in [3.63, 3.8) is 0 Å². The molecule has 0 saturated carbocycles. The molecule has 0 amide bonds. The fourth-order valence-electron chi connectivity index (χ4n) is 1.82. The molecule has 106 valence electrons. The van der Waals surface area contributed by atoms with Crippen molar-refractivity contribution >= 4 is 31.9 Å². The highest BCUT2D eigenvalue weighted by Crippen LogP contribution is 2.22. The van der Waals surface area contributed by atoms with Gasteiger partial charge in [-0.1, -0.05) is 31.9 Å². The molecule has 2 rings (SSSR count). The number of halogens is 3. The minimum absolute atomic E-state index is 0.203. The standard InChI is InChI=1S/C15H14Br2FNO/c1-20-13-3-4-14(17)10(7-13)8-19-9-11-6-12(16)2-5-15(11)18/h2-7,19H,8-9H2,1H3. The summed E-state index contributed by atoms with van der Waals surface area (Å²) in [5, 5.41) is 3.23. The van der Waals surface area contributed by atoms with Crippen LogP contribution in [0.15, 0.2) is 45.3 Å². The quantitative estimate of drug-likeness (QED) is 0.785. The number of benzene rings is 2. The van der Waals surface area contributed by atoms with Crippen molar-refractivity contribution in [1.29, 1.82) is 0 Å². The molecular formula is C15H14Br2FNO. The molecule has 1 N–H and O–H groups in total. The summed E-state index contributed by atoms with van der Waals surface area (Å²) in [4.78, 5) is 0. The third-order valence-electron chi connectivity index (χ3n) is 2.89. The van der Waals surface area contributed by atoms with Gasteiger partial charge in [0, 0.05) is 27.6 Å². The molecule has 0 saturated heterocycles. The van der Waals surface area contributed by atoms with E-state index in [1.54, 1.807) is 19.2 Å². The first-order chi connectivity index (χ1) is 9.60. The zero-order valence-corrected chi connectivity index (χ0v) is 14.1. The second-order valence-corrected chi connectivity index (χ2v) is 6.07. The Morgan fingerprint density at radius 1 is 1.05 bits per heavy atom. The molecule has 0 spiro atoms. The van der Waals surface area contributed by atoms with Gasteiger partial charge in [0.1, 0.15) is 11.6 Å². The first kappa shape index (κ1) is 15.5. The van der Waals surface area contributed by atoms with Crippen LogP contribution < -0.4 is 10.1 Å². The largest absolute Gasteiger partial charge is 0.497 e. The lowest BCUT2D eigenvalue weighted by Gasteiger charge is -2.10. The van der Waals surface area contributed by atoms with E-state index in [2.05, 4.69) is 37.2 Å². The molecule has 20 heavy (non-hydrogen) atoms. The van der Waals surface area contributed by atoms with Crippen LogP contribution in [0.3, 0.4) is 0 Å². The first-order valence-electron chi connectivity index (χ1n) is 6.07. The molecule has 5 heteroatoms. The highest BCUT2D eigenvalue weighted by molar-refractivity contribution is 9.10. The Balaban J connectivity index is 2.01. The van der Waals surface area contributed by atoms with E-state index in [4.69, 9.17) is 4.74 Å². The van der Waals surface area contributed by atoms with Gasteiger partial charge in [0.05, 0.1) is 7.11 Å². The number of hydrogen-bond acceptors (Lipinski definition) is 2. The van der Waals surface area contributed by atoms with Crippen LogP contribution in [0.25, 0.3) is 0 Å². The Labute approximate surface area is 134 Å². The van der Waals surface area contributed by atoms with E-state index in [-0.39, 0.29) is 5.82 Å². The SMILES string of the molecule is COc1ccc(Br)c(CNCc2cc(Br)ccc2F)c1. The van der Waals surface area contributed by atoms with Crippen LogP contribution in [-0.2, 0) is 13.1 Å². The summed E-state index contributed by atoms with van der Waals surface area (Å²) >= 11 is 6.84. The lowest BCUT2D eigenvalue weighted by atomic mass is 10.2. The van der Waals surface area contributed by atoms with E-state index in [0.717, 1.165) is 20.3 Å². The maximum absolute atomic E-state index is 13.6. The van der Waals surface area contributed by atoms with Gasteiger partial charge in [0.25, 0.3) is 0 Å². The maximum atomic E-state index is 13.6. The number of ether oxygens (including phenoxy) is 1. The molecule has 2 aromatic rings. The molecule has 2 aromatic carbocycles. The minimum atomic E-state index is -0.203. The summed E-state index contributed by atoms with van der Waals surface area (Å²) in [5.41, 5.74) is 1.71.